The fourth-order valence-corrected chi connectivity index (χ4v) is 3.21. The van der Waals surface area contributed by atoms with E-state index in [2.05, 4.69) is 10.6 Å². The van der Waals surface area contributed by atoms with Crippen molar-refractivity contribution in [1.29, 1.82) is 0 Å². The summed E-state index contributed by atoms with van der Waals surface area (Å²) >= 11 is 0. The molecule has 4 N–H and O–H groups in total. The summed E-state index contributed by atoms with van der Waals surface area (Å²) in [5.41, 5.74) is 6.88. The third-order valence-corrected chi connectivity index (χ3v) is 4.56. The predicted octanol–water partition coefficient (Wildman–Crippen LogP) is 2.28. The van der Waals surface area contributed by atoms with Crippen LogP contribution in [0.2, 0.25) is 0 Å². The zero-order valence-corrected chi connectivity index (χ0v) is 13.2. The molecular weight excluding hydrogens is 278 g/mol. The van der Waals surface area contributed by atoms with E-state index in [9.17, 15) is 9.59 Å². The van der Waals surface area contributed by atoms with E-state index >= 15 is 0 Å². The molecule has 0 aromatic heterocycles. The molecule has 1 aromatic rings. The van der Waals surface area contributed by atoms with E-state index in [1.165, 1.54) is 6.42 Å². The van der Waals surface area contributed by atoms with Gasteiger partial charge >= 0.3 is 0 Å². The first-order valence-corrected chi connectivity index (χ1v) is 7.91. The summed E-state index contributed by atoms with van der Waals surface area (Å²) in [7, 11) is 1.58. The monoisotopic (exact) mass is 303 g/mol. The maximum absolute atomic E-state index is 12.4. The van der Waals surface area contributed by atoms with E-state index in [1.54, 1.807) is 31.3 Å². The van der Waals surface area contributed by atoms with Crippen LogP contribution in [-0.4, -0.2) is 25.4 Å². The Bertz CT molecular complexity index is 536. The average molecular weight is 303 g/mol. The Morgan fingerprint density at radius 2 is 1.86 bits per heavy atom. The molecule has 0 spiro atoms. The van der Waals surface area contributed by atoms with Crippen LogP contribution in [0.5, 0.6) is 0 Å². The second kappa shape index (κ2) is 7.40. The number of amides is 2. The van der Waals surface area contributed by atoms with Gasteiger partial charge in [-0.25, -0.2) is 0 Å². The molecule has 1 fully saturated rings. The van der Waals surface area contributed by atoms with Gasteiger partial charge in [-0.05, 0) is 36.9 Å². The summed E-state index contributed by atoms with van der Waals surface area (Å²) in [4.78, 5) is 24.3. The lowest BCUT2D eigenvalue weighted by atomic mass is 9.71. The van der Waals surface area contributed by atoms with Gasteiger partial charge in [0.05, 0.1) is 11.3 Å². The van der Waals surface area contributed by atoms with Gasteiger partial charge < -0.3 is 16.4 Å². The van der Waals surface area contributed by atoms with Crippen LogP contribution >= 0.6 is 0 Å². The normalized spacial score (nSPS) is 16.8. The lowest BCUT2D eigenvalue weighted by Crippen LogP contribution is -2.36. The molecule has 120 valence electrons. The van der Waals surface area contributed by atoms with Crippen LogP contribution in [0.4, 0.5) is 5.69 Å². The highest BCUT2D eigenvalue weighted by Crippen LogP contribution is 2.38. The van der Waals surface area contributed by atoms with E-state index in [-0.39, 0.29) is 17.2 Å². The first kappa shape index (κ1) is 16.5. The minimum absolute atomic E-state index is 0.0660. The first-order valence-electron chi connectivity index (χ1n) is 7.91. The number of para-hydroxylation sites is 1. The van der Waals surface area contributed by atoms with Crippen molar-refractivity contribution < 1.29 is 9.59 Å². The van der Waals surface area contributed by atoms with E-state index in [0.717, 1.165) is 25.7 Å². The average Bonchev–Trinajstić information content (AvgIpc) is 2.55. The fourth-order valence-electron chi connectivity index (χ4n) is 3.21. The predicted molar refractivity (Wildman–Crippen MR) is 87.7 cm³/mol. The summed E-state index contributed by atoms with van der Waals surface area (Å²) < 4.78 is 0. The van der Waals surface area contributed by atoms with E-state index in [0.29, 0.717) is 24.2 Å². The van der Waals surface area contributed by atoms with Gasteiger partial charge in [-0.1, -0.05) is 31.4 Å². The minimum atomic E-state index is -0.206. The van der Waals surface area contributed by atoms with Crippen molar-refractivity contribution >= 4 is 17.5 Å². The van der Waals surface area contributed by atoms with Crippen LogP contribution in [0.3, 0.4) is 0 Å². The molecule has 2 amide bonds. The Kier molecular flexibility index (Phi) is 5.55. The molecule has 5 heteroatoms. The van der Waals surface area contributed by atoms with Gasteiger partial charge in [0.25, 0.3) is 5.91 Å². The van der Waals surface area contributed by atoms with Gasteiger partial charge in [0.1, 0.15) is 0 Å². The van der Waals surface area contributed by atoms with Crippen molar-refractivity contribution in [1.82, 2.24) is 5.32 Å². The lowest BCUT2D eigenvalue weighted by Gasteiger charge is -2.35. The fraction of sp³-hybridized carbons (Fsp3) is 0.529. The molecule has 2 rings (SSSR count). The molecule has 0 bridgehead atoms. The third kappa shape index (κ3) is 3.85. The van der Waals surface area contributed by atoms with Crippen molar-refractivity contribution in [3.63, 3.8) is 0 Å². The number of nitrogens with one attached hydrogen (secondary N) is 2. The van der Waals surface area contributed by atoms with Crippen molar-refractivity contribution in [3.8, 4) is 0 Å². The number of carbonyl (C=O) groups is 2. The molecule has 0 saturated heterocycles. The summed E-state index contributed by atoms with van der Waals surface area (Å²) in [6.07, 6.45) is 5.94. The third-order valence-electron chi connectivity index (χ3n) is 4.56. The zero-order valence-electron chi connectivity index (χ0n) is 13.2. The molecule has 22 heavy (non-hydrogen) atoms. The Morgan fingerprint density at radius 3 is 2.50 bits per heavy atom. The molecule has 0 radical (unpaired) electrons. The molecule has 0 unspecified atom stereocenters. The number of nitrogens with two attached hydrogens (primary N) is 1. The first-order chi connectivity index (χ1) is 10.6. The molecule has 1 saturated carbocycles. The molecule has 1 aliphatic rings. The maximum atomic E-state index is 12.4. The summed E-state index contributed by atoms with van der Waals surface area (Å²) in [6.45, 7) is 0.539. The molecule has 0 atom stereocenters. The molecule has 0 aliphatic heterocycles. The van der Waals surface area contributed by atoms with Crippen molar-refractivity contribution in [2.75, 3.05) is 18.9 Å². The number of carbonyl (C=O) groups excluding carboxylic acids is 2. The largest absolute Gasteiger partial charge is 0.355 e. The molecular formula is C17H25N3O2. The number of anilines is 1. The Labute approximate surface area is 131 Å². The Hall–Kier alpha value is -1.88. The number of benzene rings is 1. The van der Waals surface area contributed by atoms with Crippen LogP contribution in [0.25, 0.3) is 0 Å². The van der Waals surface area contributed by atoms with Gasteiger partial charge in [0, 0.05) is 13.5 Å². The van der Waals surface area contributed by atoms with Gasteiger partial charge in [-0.15, -0.1) is 0 Å². The zero-order chi connectivity index (χ0) is 16.0. The van der Waals surface area contributed by atoms with Crippen LogP contribution in [-0.2, 0) is 4.79 Å². The van der Waals surface area contributed by atoms with Crippen LogP contribution in [0.1, 0.15) is 48.9 Å². The van der Waals surface area contributed by atoms with E-state index in [1.807, 2.05) is 0 Å². The smallest absolute Gasteiger partial charge is 0.253 e. The van der Waals surface area contributed by atoms with Gasteiger partial charge in [0.2, 0.25) is 5.91 Å². The van der Waals surface area contributed by atoms with Crippen LogP contribution < -0.4 is 16.4 Å². The van der Waals surface area contributed by atoms with E-state index < -0.39 is 0 Å². The van der Waals surface area contributed by atoms with Crippen LogP contribution in [0, 0.1) is 5.41 Å². The van der Waals surface area contributed by atoms with Gasteiger partial charge in [-0.2, -0.15) is 0 Å². The van der Waals surface area contributed by atoms with Crippen molar-refractivity contribution in [2.45, 2.75) is 38.5 Å². The van der Waals surface area contributed by atoms with E-state index in [4.69, 9.17) is 5.73 Å². The maximum Gasteiger partial charge on any atom is 0.253 e. The number of hydrogen-bond donors (Lipinski definition) is 3. The number of rotatable bonds is 5. The standard InChI is InChI=1S/C17H25N3O2/c1-19-16(22)13-7-3-4-8-14(13)20-15(21)11-17(12-18)9-5-2-6-10-17/h3-4,7-8H,2,5-6,9-12,18H2,1H3,(H,19,22)(H,20,21). The molecule has 1 aliphatic carbocycles. The van der Waals surface area contributed by atoms with Gasteiger partial charge in [-0.3, -0.25) is 9.59 Å². The minimum Gasteiger partial charge on any atom is -0.355 e. The van der Waals surface area contributed by atoms with Crippen molar-refractivity contribution in [2.24, 2.45) is 11.1 Å². The highest BCUT2D eigenvalue weighted by Gasteiger charge is 2.33. The van der Waals surface area contributed by atoms with Gasteiger partial charge in [0.15, 0.2) is 0 Å². The Balaban J connectivity index is 2.07. The second-order valence-corrected chi connectivity index (χ2v) is 6.11. The highest BCUT2D eigenvalue weighted by molar-refractivity contribution is 6.03. The van der Waals surface area contributed by atoms with Crippen molar-refractivity contribution in [3.05, 3.63) is 29.8 Å². The second-order valence-electron chi connectivity index (χ2n) is 6.11. The number of hydrogen-bond acceptors (Lipinski definition) is 3. The molecule has 5 nitrogen and oxygen atoms in total. The van der Waals surface area contributed by atoms with Crippen LogP contribution in [0.15, 0.2) is 24.3 Å². The molecule has 1 aromatic carbocycles. The summed E-state index contributed by atoms with van der Waals surface area (Å²) in [5.74, 6) is -0.272. The highest BCUT2D eigenvalue weighted by atomic mass is 16.2. The SMILES string of the molecule is CNC(=O)c1ccccc1NC(=O)CC1(CN)CCCCC1. The summed E-state index contributed by atoms with van der Waals surface area (Å²) in [6, 6.07) is 7.04. The quantitative estimate of drug-likeness (QED) is 0.780. The topological polar surface area (TPSA) is 84.2 Å². The molecule has 0 heterocycles. The summed E-state index contributed by atoms with van der Waals surface area (Å²) in [5, 5.41) is 5.46. The Morgan fingerprint density at radius 1 is 1.18 bits per heavy atom. The lowest BCUT2D eigenvalue weighted by molar-refractivity contribution is -0.118.